The van der Waals surface area contributed by atoms with Gasteiger partial charge in [0.15, 0.2) is 5.04 Å². The van der Waals surface area contributed by atoms with Gasteiger partial charge < -0.3 is 19.6 Å². The number of hydrogen-bond donors (Lipinski definition) is 1. The van der Waals surface area contributed by atoms with Gasteiger partial charge in [0, 0.05) is 56.9 Å². The van der Waals surface area contributed by atoms with E-state index in [-0.39, 0.29) is 29.9 Å². The van der Waals surface area contributed by atoms with Crippen molar-refractivity contribution < 1.29 is 14.6 Å². The van der Waals surface area contributed by atoms with Crippen molar-refractivity contribution in [2.75, 3.05) is 53.0 Å². The predicted octanol–water partition coefficient (Wildman–Crippen LogP) is 6.26. The second-order valence-electron chi connectivity index (χ2n) is 11.7. The molecule has 1 saturated heterocycles. The minimum Gasteiger partial charge on any atom is -0.476 e. The highest BCUT2D eigenvalue weighted by molar-refractivity contribution is 8.19. The molecule has 2 atom stereocenters. The first-order chi connectivity index (χ1) is 18.6. The van der Waals surface area contributed by atoms with Crippen LogP contribution in [0.5, 0.6) is 0 Å². The number of carboxylic acids is 1. The third kappa shape index (κ3) is 6.44. The van der Waals surface area contributed by atoms with Crippen molar-refractivity contribution in [1.29, 1.82) is 0 Å². The fourth-order valence-electron chi connectivity index (χ4n) is 7.37. The number of thioether (sulfide) groups is 1. The van der Waals surface area contributed by atoms with Gasteiger partial charge in [-0.3, -0.25) is 4.99 Å². The lowest BCUT2D eigenvalue weighted by molar-refractivity contribution is -0.129. The molecule has 6 aliphatic rings. The van der Waals surface area contributed by atoms with Gasteiger partial charge in [0.25, 0.3) is 0 Å². The number of aliphatic imine (C=N–C) groups is 1. The smallest absolute Gasteiger partial charge is 0.361 e. The van der Waals surface area contributed by atoms with E-state index in [0.29, 0.717) is 18.4 Å². The Balaban J connectivity index is 0.00000185. The number of carbonyl (C=O) groups is 1. The first-order valence-electron chi connectivity index (χ1n) is 14.6. The standard InChI is InChI=1S/C31H41N3O3S.2ClH/c1-37-16-12-21-7-6-13-33(18-21)14-15-34-19-23-17-32-30(31(35)36)38-29(23)28-26(20-34)24-10-5-11-25(24)27(28)22-8-3-2-4-9-22;;/h5,10-11,20-22,24H,2-4,6-9,12-19H2,1H3,(H,35,36);2*1H/t21-,24?;;/m0../s1. The lowest BCUT2D eigenvalue weighted by atomic mass is 9.80. The van der Waals surface area contributed by atoms with Crippen LogP contribution in [0, 0.1) is 17.8 Å². The van der Waals surface area contributed by atoms with Crippen molar-refractivity contribution in [1.82, 2.24) is 9.80 Å². The summed E-state index contributed by atoms with van der Waals surface area (Å²) in [5.41, 5.74) is 6.99. The molecule has 3 aliphatic carbocycles. The van der Waals surface area contributed by atoms with Gasteiger partial charge in [-0.15, -0.1) is 24.8 Å². The highest BCUT2D eigenvalue weighted by Gasteiger charge is 2.42. The van der Waals surface area contributed by atoms with Gasteiger partial charge in [-0.25, -0.2) is 4.79 Å². The van der Waals surface area contributed by atoms with Crippen molar-refractivity contribution in [3.8, 4) is 0 Å². The molecular weight excluding hydrogens is 565 g/mol. The molecule has 0 spiro atoms. The van der Waals surface area contributed by atoms with Crippen molar-refractivity contribution in [3.05, 3.63) is 57.2 Å². The van der Waals surface area contributed by atoms with Gasteiger partial charge in [0.05, 0.1) is 6.54 Å². The minimum atomic E-state index is -0.904. The first-order valence-corrected chi connectivity index (χ1v) is 15.4. The number of nitrogens with zero attached hydrogens (tertiary/aromatic N) is 3. The largest absolute Gasteiger partial charge is 0.476 e. The molecule has 0 aromatic rings. The fraction of sp³-hybridized carbons (Fsp3) is 0.613. The number of allylic oxidation sites excluding steroid dienone is 7. The molecule has 0 aromatic heterocycles. The van der Waals surface area contributed by atoms with Gasteiger partial charge >= 0.3 is 5.97 Å². The Morgan fingerprint density at radius 3 is 2.73 bits per heavy atom. The Morgan fingerprint density at radius 2 is 1.95 bits per heavy atom. The molecule has 2 fully saturated rings. The van der Waals surface area contributed by atoms with E-state index < -0.39 is 5.97 Å². The summed E-state index contributed by atoms with van der Waals surface area (Å²) >= 11 is 1.41. The Labute approximate surface area is 255 Å². The maximum absolute atomic E-state index is 12.0. The van der Waals surface area contributed by atoms with Gasteiger partial charge in [0.1, 0.15) is 0 Å². The summed E-state index contributed by atoms with van der Waals surface area (Å²) < 4.78 is 5.35. The van der Waals surface area contributed by atoms with Crippen LogP contribution in [0.3, 0.4) is 0 Å². The number of aliphatic carboxylic acids is 1. The van der Waals surface area contributed by atoms with E-state index in [1.165, 1.54) is 103 Å². The number of piperidine rings is 1. The predicted molar refractivity (Wildman–Crippen MR) is 169 cm³/mol. The monoisotopic (exact) mass is 607 g/mol. The van der Waals surface area contributed by atoms with E-state index in [4.69, 9.17) is 4.74 Å². The van der Waals surface area contributed by atoms with Crippen LogP contribution < -0.4 is 0 Å². The molecule has 0 amide bonds. The highest BCUT2D eigenvalue weighted by Crippen LogP contribution is 2.55. The Kier molecular flexibility index (Phi) is 11.1. The second-order valence-corrected chi connectivity index (χ2v) is 12.7. The molecule has 40 heavy (non-hydrogen) atoms. The Bertz CT molecular complexity index is 1150. The quantitative estimate of drug-likeness (QED) is 0.351. The van der Waals surface area contributed by atoms with Gasteiger partial charge in [-0.1, -0.05) is 49.3 Å². The average Bonchev–Trinajstić information content (AvgIpc) is 3.48. The van der Waals surface area contributed by atoms with Gasteiger partial charge in [-0.05, 0) is 78.4 Å². The topological polar surface area (TPSA) is 65.4 Å². The van der Waals surface area contributed by atoms with Crippen LogP contribution >= 0.6 is 36.6 Å². The average molecular weight is 609 g/mol. The third-order valence-electron chi connectivity index (χ3n) is 9.23. The number of carboxylic acid groups (broad SMARTS) is 1. The molecule has 3 heterocycles. The molecule has 6 nitrogen and oxygen atoms in total. The number of ether oxygens (including phenoxy) is 1. The van der Waals surface area contributed by atoms with Crippen LogP contribution in [0.2, 0.25) is 0 Å². The molecule has 3 aliphatic heterocycles. The molecule has 9 heteroatoms. The van der Waals surface area contributed by atoms with E-state index >= 15 is 0 Å². The second kappa shape index (κ2) is 14.1. The zero-order chi connectivity index (χ0) is 26.1. The van der Waals surface area contributed by atoms with Crippen LogP contribution in [-0.2, 0) is 9.53 Å². The normalized spacial score (nSPS) is 26.6. The maximum atomic E-state index is 12.0. The Hall–Kier alpha value is -1.51. The molecule has 0 bridgehead atoms. The van der Waals surface area contributed by atoms with Gasteiger partial charge in [-0.2, -0.15) is 0 Å². The van der Waals surface area contributed by atoms with Crippen LogP contribution in [0.4, 0.5) is 0 Å². The number of hydrogen-bond acceptors (Lipinski definition) is 6. The molecule has 1 unspecified atom stereocenters. The van der Waals surface area contributed by atoms with Crippen molar-refractivity contribution in [2.45, 2.75) is 51.4 Å². The number of fused-ring (bicyclic) bond motifs is 4. The van der Waals surface area contributed by atoms with Crippen LogP contribution in [-0.4, -0.2) is 78.9 Å². The van der Waals surface area contributed by atoms with Crippen LogP contribution in [0.1, 0.15) is 51.4 Å². The first kappa shape index (κ1) is 31.4. The van der Waals surface area contributed by atoms with E-state index in [0.717, 1.165) is 38.6 Å². The summed E-state index contributed by atoms with van der Waals surface area (Å²) in [5, 5.41) is 10.1. The van der Waals surface area contributed by atoms with Crippen LogP contribution in [0.25, 0.3) is 0 Å². The van der Waals surface area contributed by atoms with Crippen molar-refractivity contribution >= 4 is 47.6 Å². The van der Waals surface area contributed by atoms with Crippen molar-refractivity contribution in [3.63, 3.8) is 0 Å². The fourth-order valence-corrected chi connectivity index (χ4v) is 8.38. The third-order valence-corrected chi connectivity index (χ3v) is 10.4. The zero-order valence-corrected chi connectivity index (χ0v) is 25.9. The summed E-state index contributed by atoms with van der Waals surface area (Å²) in [6, 6.07) is 0. The van der Waals surface area contributed by atoms with Gasteiger partial charge in [0.2, 0.25) is 0 Å². The zero-order valence-electron chi connectivity index (χ0n) is 23.5. The number of likely N-dealkylation sites (tertiary alicyclic amines) is 1. The van der Waals surface area contributed by atoms with E-state index in [1.807, 2.05) is 0 Å². The van der Waals surface area contributed by atoms with E-state index in [9.17, 15) is 9.90 Å². The summed E-state index contributed by atoms with van der Waals surface area (Å²) in [5.74, 6) is 0.706. The molecular formula is C31H43Cl2N3O3S. The lowest BCUT2D eigenvalue weighted by Crippen LogP contribution is -2.40. The molecule has 1 saturated carbocycles. The Morgan fingerprint density at radius 1 is 1.12 bits per heavy atom. The number of methoxy groups -OCH3 is 1. The molecule has 1 N–H and O–H groups in total. The summed E-state index contributed by atoms with van der Waals surface area (Å²) in [7, 11) is 1.80. The van der Waals surface area contributed by atoms with Crippen molar-refractivity contribution in [2.24, 2.45) is 22.7 Å². The lowest BCUT2D eigenvalue weighted by Gasteiger charge is -2.34. The van der Waals surface area contributed by atoms with E-state index in [2.05, 4.69) is 39.2 Å². The molecule has 220 valence electrons. The molecule has 0 radical (unpaired) electrons. The van der Waals surface area contributed by atoms with Crippen LogP contribution in [0.15, 0.2) is 62.2 Å². The SMILES string of the molecule is COCC[C@@H]1CCCN(CCN2C=C3C(=C(C4CCCCC4)C4=CC=CC34)C3=C(CN=C(C(=O)O)S3)C2)C1.Cl.Cl. The minimum absolute atomic E-state index is 0. The molecule has 0 aromatic carbocycles. The highest BCUT2D eigenvalue weighted by atomic mass is 35.5. The number of rotatable bonds is 8. The molecule has 6 rings (SSSR count). The van der Waals surface area contributed by atoms with E-state index in [1.54, 1.807) is 7.11 Å². The maximum Gasteiger partial charge on any atom is 0.361 e. The number of halogens is 2. The summed E-state index contributed by atoms with van der Waals surface area (Å²) in [6.45, 7) is 6.57. The summed E-state index contributed by atoms with van der Waals surface area (Å²) in [6.07, 6.45) is 19.5. The summed E-state index contributed by atoms with van der Waals surface area (Å²) in [4.78, 5) is 22.8.